The Morgan fingerprint density at radius 1 is 1.50 bits per heavy atom. The second-order valence-corrected chi connectivity index (χ2v) is 5.47. The Hall–Kier alpha value is -2.09. The summed E-state index contributed by atoms with van der Waals surface area (Å²) in [7, 11) is 0. The average Bonchev–Trinajstić information content (AvgIpc) is 3.16. The smallest absolute Gasteiger partial charge is 0.313 e. The number of nitrogens with one attached hydrogen (secondary N) is 1. The number of carbonyl (C=O) groups is 1. The quantitative estimate of drug-likeness (QED) is 0.802. The summed E-state index contributed by atoms with van der Waals surface area (Å²) in [5, 5.41) is 17.5. The van der Waals surface area contributed by atoms with Crippen LogP contribution in [0.4, 0.5) is 0 Å². The zero-order valence-electron chi connectivity index (χ0n) is 10.4. The van der Waals surface area contributed by atoms with Crippen molar-refractivity contribution < 1.29 is 9.90 Å². The maximum atomic E-state index is 11.4. The van der Waals surface area contributed by atoms with Gasteiger partial charge in [0, 0.05) is 23.9 Å². The van der Waals surface area contributed by atoms with Gasteiger partial charge in [0.1, 0.15) is 0 Å². The van der Waals surface area contributed by atoms with Crippen LogP contribution in [0.3, 0.4) is 0 Å². The van der Waals surface area contributed by atoms with E-state index in [0.717, 1.165) is 24.6 Å². The first-order valence-electron chi connectivity index (χ1n) is 6.14. The van der Waals surface area contributed by atoms with E-state index < -0.39 is 5.97 Å². The molecule has 1 fully saturated rings. The van der Waals surface area contributed by atoms with E-state index in [0.29, 0.717) is 22.6 Å². The number of rotatable bonds is 5. The predicted molar refractivity (Wildman–Crippen MR) is 72.7 cm³/mol. The molecule has 20 heavy (non-hydrogen) atoms. The van der Waals surface area contributed by atoms with Crippen LogP contribution in [0.2, 0.25) is 0 Å². The number of thioether (sulfide) groups is 1. The molecule has 0 aliphatic heterocycles. The van der Waals surface area contributed by atoms with Gasteiger partial charge in [-0.15, -0.1) is 10.2 Å². The average molecular weight is 292 g/mol. The molecule has 0 amide bonds. The molecule has 104 valence electrons. The molecule has 0 bridgehead atoms. The topological polar surface area (TPSA) is 101 Å². The highest BCUT2D eigenvalue weighted by Gasteiger charge is 2.30. The molecular formula is C12H12N4O3S. The van der Waals surface area contributed by atoms with Crippen LogP contribution >= 0.6 is 11.8 Å². The number of nitrogens with zero attached hydrogens (tertiary/aromatic N) is 3. The van der Waals surface area contributed by atoms with Gasteiger partial charge >= 0.3 is 5.97 Å². The van der Waals surface area contributed by atoms with Crippen LogP contribution in [0.1, 0.15) is 18.9 Å². The first kappa shape index (κ1) is 12.9. The SMILES string of the molecule is O=C(O)CSc1nnc(-c2cc[nH]c(=O)c2)n1C1CC1. The number of carboxylic acids is 1. The Morgan fingerprint density at radius 2 is 2.30 bits per heavy atom. The lowest BCUT2D eigenvalue weighted by molar-refractivity contribution is -0.133. The van der Waals surface area contributed by atoms with Crippen molar-refractivity contribution in [3.8, 4) is 11.4 Å². The number of aromatic nitrogens is 4. The zero-order chi connectivity index (χ0) is 14.1. The second kappa shape index (κ2) is 5.12. The van der Waals surface area contributed by atoms with Gasteiger partial charge in [-0.1, -0.05) is 11.8 Å². The van der Waals surface area contributed by atoms with E-state index in [-0.39, 0.29) is 11.3 Å². The third-order valence-corrected chi connectivity index (χ3v) is 3.86. The van der Waals surface area contributed by atoms with Crippen LogP contribution in [-0.4, -0.2) is 36.6 Å². The van der Waals surface area contributed by atoms with E-state index in [9.17, 15) is 9.59 Å². The first-order chi connectivity index (χ1) is 9.65. The Morgan fingerprint density at radius 3 is 2.95 bits per heavy atom. The van der Waals surface area contributed by atoms with Crippen molar-refractivity contribution in [2.24, 2.45) is 0 Å². The lowest BCUT2D eigenvalue weighted by Crippen LogP contribution is -2.06. The van der Waals surface area contributed by atoms with Gasteiger partial charge in [-0.3, -0.25) is 14.2 Å². The van der Waals surface area contributed by atoms with Gasteiger partial charge in [0.2, 0.25) is 5.56 Å². The maximum Gasteiger partial charge on any atom is 0.313 e. The van der Waals surface area contributed by atoms with E-state index in [1.54, 1.807) is 12.3 Å². The van der Waals surface area contributed by atoms with Crippen molar-refractivity contribution in [2.45, 2.75) is 24.0 Å². The Balaban J connectivity index is 1.99. The van der Waals surface area contributed by atoms with Crippen molar-refractivity contribution in [3.05, 3.63) is 28.7 Å². The standard InChI is InChI=1S/C12H12N4O3S/c17-9-5-7(3-4-13-9)11-14-15-12(20-6-10(18)19)16(11)8-1-2-8/h3-5,8H,1-2,6H2,(H,13,17)(H,18,19). The third-order valence-electron chi connectivity index (χ3n) is 2.93. The van der Waals surface area contributed by atoms with Gasteiger partial charge in [0.25, 0.3) is 0 Å². The highest BCUT2D eigenvalue weighted by molar-refractivity contribution is 7.99. The Labute approximate surface area is 118 Å². The van der Waals surface area contributed by atoms with E-state index in [1.165, 1.54) is 6.07 Å². The maximum absolute atomic E-state index is 11.4. The lowest BCUT2D eigenvalue weighted by atomic mass is 10.2. The monoisotopic (exact) mass is 292 g/mol. The first-order valence-corrected chi connectivity index (χ1v) is 7.12. The van der Waals surface area contributed by atoms with E-state index in [4.69, 9.17) is 5.11 Å². The summed E-state index contributed by atoms with van der Waals surface area (Å²) in [4.78, 5) is 24.6. The summed E-state index contributed by atoms with van der Waals surface area (Å²) < 4.78 is 1.93. The summed E-state index contributed by atoms with van der Waals surface area (Å²) in [6.45, 7) is 0. The van der Waals surface area contributed by atoms with Crippen molar-refractivity contribution in [2.75, 3.05) is 5.75 Å². The second-order valence-electron chi connectivity index (χ2n) is 4.53. The summed E-state index contributed by atoms with van der Waals surface area (Å²) in [5.41, 5.74) is 0.489. The van der Waals surface area contributed by atoms with Crippen LogP contribution in [0.15, 0.2) is 28.3 Å². The van der Waals surface area contributed by atoms with Crippen molar-refractivity contribution in [1.82, 2.24) is 19.7 Å². The highest BCUT2D eigenvalue weighted by Crippen LogP contribution is 2.40. The highest BCUT2D eigenvalue weighted by atomic mass is 32.2. The molecule has 0 atom stereocenters. The Kier molecular flexibility index (Phi) is 3.31. The van der Waals surface area contributed by atoms with Crippen LogP contribution in [0.25, 0.3) is 11.4 Å². The summed E-state index contributed by atoms with van der Waals surface area (Å²) in [6.07, 6.45) is 3.61. The minimum atomic E-state index is -0.891. The van der Waals surface area contributed by atoms with Gasteiger partial charge < -0.3 is 10.1 Å². The molecule has 8 heteroatoms. The van der Waals surface area contributed by atoms with Crippen LogP contribution in [0.5, 0.6) is 0 Å². The van der Waals surface area contributed by atoms with Crippen molar-refractivity contribution >= 4 is 17.7 Å². The molecule has 1 aliphatic carbocycles. The largest absolute Gasteiger partial charge is 0.481 e. The van der Waals surface area contributed by atoms with Crippen molar-refractivity contribution in [3.63, 3.8) is 0 Å². The van der Waals surface area contributed by atoms with Crippen LogP contribution in [0, 0.1) is 0 Å². The molecule has 1 saturated carbocycles. The molecule has 1 aliphatic rings. The lowest BCUT2D eigenvalue weighted by Gasteiger charge is -2.07. The molecule has 0 saturated heterocycles. The molecular weight excluding hydrogens is 280 g/mol. The van der Waals surface area contributed by atoms with Crippen molar-refractivity contribution in [1.29, 1.82) is 0 Å². The third kappa shape index (κ3) is 2.60. The van der Waals surface area contributed by atoms with Crippen LogP contribution < -0.4 is 5.56 Å². The number of aromatic amines is 1. The Bertz CT molecular complexity index is 705. The molecule has 0 spiro atoms. The molecule has 2 aromatic rings. The molecule has 2 heterocycles. The van der Waals surface area contributed by atoms with Crippen LogP contribution in [-0.2, 0) is 4.79 Å². The zero-order valence-corrected chi connectivity index (χ0v) is 11.3. The van der Waals surface area contributed by atoms with Gasteiger partial charge in [-0.05, 0) is 18.9 Å². The fraction of sp³-hybridized carbons (Fsp3) is 0.333. The number of pyridine rings is 1. The summed E-state index contributed by atoms with van der Waals surface area (Å²) in [5.74, 6) is -0.329. The molecule has 0 radical (unpaired) electrons. The minimum Gasteiger partial charge on any atom is -0.481 e. The molecule has 2 aromatic heterocycles. The molecule has 3 rings (SSSR count). The summed E-state index contributed by atoms with van der Waals surface area (Å²) in [6, 6.07) is 3.53. The fourth-order valence-electron chi connectivity index (χ4n) is 1.94. The predicted octanol–water partition coefficient (Wildman–Crippen LogP) is 1.14. The van der Waals surface area contributed by atoms with E-state index in [2.05, 4.69) is 15.2 Å². The van der Waals surface area contributed by atoms with E-state index in [1.807, 2.05) is 4.57 Å². The molecule has 7 nitrogen and oxygen atoms in total. The number of H-pyrrole nitrogens is 1. The van der Waals surface area contributed by atoms with E-state index >= 15 is 0 Å². The molecule has 2 N–H and O–H groups in total. The molecule has 0 unspecified atom stereocenters. The molecule has 0 aromatic carbocycles. The summed E-state index contributed by atoms with van der Waals surface area (Å²) >= 11 is 1.15. The van der Waals surface area contributed by atoms with Gasteiger partial charge in [-0.25, -0.2) is 0 Å². The normalized spacial score (nSPS) is 14.4. The van der Waals surface area contributed by atoms with Gasteiger partial charge in [-0.2, -0.15) is 0 Å². The van der Waals surface area contributed by atoms with Gasteiger partial charge in [0.15, 0.2) is 11.0 Å². The minimum absolute atomic E-state index is 0.0553. The number of carboxylic acid groups (broad SMARTS) is 1. The number of hydrogen-bond donors (Lipinski definition) is 2. The fourth-order valence-corrected chi connectivity index (χ4v) is 2.67. The number of hydrogen-bond acceptors (Lipinski definition) is 5. The number of aliphatic carboxylic acids is 1. The van der Waals surface area contributed by atoms with Gasteiger partial charge in [0.05, 0.1) is 5.75 Å².